The zero-order chi connectivity index (χ0) is 13.9. The fraction of sp³-hybridized carbons (Fsp3) is 0.308. The lowest BCUT2D eigenvalue weighted by Gasteiger charge is -2.06. The van der Waals surface area contributed by atoms with Crippen LogP contribution in [-0.4, -0.2) is 29.6 Å². The van der Waals surface area contributed by atoms with Gasteiger partial charge in [-0.05, 0) is 11.4 Å². The molecule has 0 aliphatic carbocycles. The van der Waals surface area contributed by atoms with E-state index in [-0.39, 0.29) is 6.42 Å². The number of aromatic nitrogens is 1. The maximum atomic E-state index is 11.7. The number of hydrogen-bond acceptors (Lipinski definition) is 7. The monoisotopic (exact) mass is 309 g/mol. The van der Waals surface area contributed by atoms with Crippen LogP contribution in [0.2, 0.25) is 0 Å². The van der Waals surface area contributed by atoms with Crippen LogP contribution in [0.1, 0.15) is 12.1 Å². The first-order valence-corrected chi connectivity index (χ1v) is 7.83. The molecule has 3 heterocycles. The summed E-state index contributed by atoms with van der Waals surface area (Å²) >= 11 is 3.10. The molecule has 0 bridgehead atoms. The second-order valence-corrected chi connectivity index (χ2v) is 6.04. The number of esters is 2. The van der Waals surface area contributed by atoms with Gasteiger partial charge in [0.15, 0.2) is 0 Å². The van der Waals surface area contributed by atoms with Crippen LogP contribution in [0.3, 0.4) is 0 Å². The molecule has 0 amide bonds. The average Bonchev–Trinajstić information content (AvgIpc) is 3.12. The molecule has 0 saturated carbocycles. The molecule has 1 aliphatic rings. The van der Waals surface area contributed by atoms with Gasteiger partial charge >= 0.3 is 11.9 Å². The first kappa shape index (κ1) is 13.3. The highest BCUT2D eigenvalue weighted by Crippen LogP contribution is 2.28. The van der Waals surface area contributed by atoms with Gasteiger partial charge in [0, 0.05) is 11.8 Å². The van der Waals surface area contributed by atoms with Crippen LogP contribution in [0.4, 0.5) is 0 Å². The maximum absolute atomic E-state index is 11.7. The Bertz CT molecular complexity index is 620. The predicted octanol–water partition coefficient (Wildman–Crippen LogP) is 2.27. The van der Waals surface area contributed by atoms with Gasteiger partial charge in [0.25, 0.3) is 0 Å². The molecule has 0 unspecified atom stereocenters. The van der Waals surface area contributed by atoms with Crippen molar-refractivity contribution in [3.05, 3.63) is 28.6 Å². The second kappa shape index (κ2) is 5.72. The summed E-state index contributed by atoms with van der Waals surface area (Å²) in [6, 6.07) is 3.95. The van der Waals surface area contributed by atoms with Crippen LogP contribution < -0.4 is 0 Å². The minimum absolute atomic E-state index is 0.0751. The third-order valence-electron chi connectivity index (χ3n) is 2.77. The Morgan fingerprint density at radius 2 is 2.40 bits per heavy atom. The molecular weight excluding hydrogens is 298 g/mol. The van der Waals surface area contributed by atoms with Crippen LogP contribution in [0.25, 0.3) is 9.88 Å². The largest absolute Gasteiger partial charge is 0.463 e. The Labute approximate surface area is 123 Å². The van der Waals surface area contributed by atoms with E-state index in [1.165, 1.54) is 11.3 Å². The van der Waals surface area contributed by atoms with Gasteiger partial charge in [-0.2, -0.15) is 0 Å². The van der Waals surface area contributed by atoms with Crippen molar-refractivity contribution in [2.24, 2.45) is 0 Å². The smallest absolute Gasteiger partial charge is 0.347 e. The summed E-state index contributed by atoms with van der Waals surface area (Å²) in [7, 11) is 0. The Hall–Kier alpha value is -1.73. The minimum atomic E-state index is -0.752. The first-order valence-electron chi connectivity index (χ1n) is 6.07. The zero-order valence-electron chi connectivity index (χ0n) is 10.4. The molecule has 3 rings (SSSR count). The van der Waals surface area contributed by atoms with E-state index < -0.39 is 18.0 Å². The summed E-state index contributed by atoms with van der Waals surface area (Å²) in [5.41, 5.74) is 0.662. The van der Waals surface area contributed by atoms with Crippen LogP contribution in [0.15, 0.2) is 22.9 Å². The van der Waals surface area contributed by atoms with Crippen molar-refractivity contribution in [1.29, 1.82) is 0 Å². The van der Waals surface area contributed by atoms with E-state index in [9.17, 15) is 9.59 Å². The molecule has 0 spiro atoms. The van der Waals surface area contributed by atoms with E-state index in [1.807, 2.05) is 22.9 Å². The number of nitrogens with zero attached hydrogens (tertiary/aromatic N) is 1. The Morgan fingerprint density at radius 3 is 3.10 bits per heavy atom. The maximum Gasteiger partial charge on any atom is 0.347 e. The number of carbonyl (C=O) groups excluding carboxylic acids is 2. The fourth-order valence-corrected chi connectivity index (χ4v) is 3.47. The molecule has 104 valence electrons. The summed E-state index contributed by atoms with van der Waals surface area (Å²) in [5.74, 6) is -0.909. The standard InChI is InChI=1S/C13H11NO4S2/c15-11(18-9-3-4-17-13(9)16)6-8-7-20-12(14-8)10-2-1-5-19-10/h1-2,5,7,9H,3-4,6H2/t9-/m1/s1. The van der Waals surface area contributed by atoms with Crippen LogP contribution >= 0.6 is 22.7 Å². The van der Waals surface area contributed by atoms with Gasteiger partial charge in [0.2, 0.25) is 6.10 Å². The lowest BCUT2D eigenvalue weighted by molar-refractivity contribution is -0.159. The van der Waals surface area contributed by atoms with Crippen molar-refractivity contribution >= 4 is 34.6 Å². The number of ether oxygens (including phenoxy) is 2. The quantitative estimate of drug-likeness (QED) is 0.811. The van der Waals surface area contributed by atoms with Crippen LogP contribution in [-0.2, 0) is 25.5 Å². The molecule has 7 heteroatoms. The molecule has 1 saturated heterocycles. The Balaban J connectivity index is 1.60. The summed E-state index contributed by atoms with van der Waals surface area (Å²) < 4.78 is 9.82. The molecule has 0 radical (unpaired) electrons. The molecule has 2 aromatic rings. The highest BCUT2D eigenvalue weighted by atomic mass is 32.1. The highest BCUT2D eigenvalue weighted by molar-refractivity contribution is 7.20. The number of thiophene rings is 1. The summed E-state index contributed by atoms with van der Waals surface area (Å²) in [5, 5.41) is 4.71. The first-order chi connectivity index (χ1) is 9.72. The summed E-state index contributed by atoms with van der Waals surface area (Å²) in [4.78, 5) is 28.4. The van der Waals surface area contributed by atoms with E-state index in [4.69, 9.17) is 9.47 Å². The second-order valence-electron chi connectivity index (χ2n) is 4.23. The van der Waals surface area contributed by atoms with Gasteiger partial charge in [-0.3, -0.25) is 4.79 Å². The van der Waals surface area contributed by atoms with Gasteiger partial charge in [0.05, 0.1) is 23.6 Å². The van der Waals surface area contributed by atoms with E-state index in [0.717, 1.165) is 9.88 Å². The molecule has 5 nitrogen and oxygen atoms in total. The Morgan fingerprint density at radius 1 is 1.50 bits per heavy atom. The van der Waals surface area contributed by atoms with E-state index in [1.54, 1.807) is 11.3 Å². The van der Waals surface area contributed by atoms with Crippen molar-refractivity contribution in [2.75, 3.05) is 6.61 Å². The number of thiazole rings is 1. The third kappa shape index (κ3) is 2.88. The van der Waals surface area contributed by atoms with Gasteiger partial charge in [-0.15, -0.1) is 22.7 Å². The molecule has 1 atom stereocenters. The fourth-order valence-electron chi connectivity index (χ4n) is 1.83. The highest BCUT2D eigenvalue weighted by Gasteiger charge is 2.30. The van der Waals surface area contributed by atoms with E-state index in [2.05, 4.69) is 4.98 Å². The van der Waals surface area contributed by atoms with Crippen LogP contribution in [0, 0.1) is 0 Å². The van der Waals surface area contributed by atoms with Crippen molar-refractivity contribution in [3.8, 4) is 9.88 Å². The molecule has 0 aromatic carbocycles. The van der Waals surface area contributed by atoms with Crippen molar-refractivity contribution in [2.45, 2.75) is 18.9 Å². The predicted molar refractivity (Wildman–Crippen MR) is 74.6 cm³/mol. The number of hydrogen-bond donors (Lipinski definition) is 0. The van der Waals surface area contributed by atoms with Gasteiger partial charge in [-0.1, -0.05) is 6.07 Å². The van der Waals surface area contributed by atoms with Gasteiger partial charge in [0.1, 0.15) is 5.01 Å². The van der Waals surface area contributed by atoms with E-state index >= 15 is 0 Å². The third-order valence-corrected chi connectivity index (χ3v) is 4.70. The Kier molecular flexibility index (Phi) is 3.79. The van der Waals surface area contributed by atoms with Crippen molar-refractivity contribution < 1.29 is 19.1 Å². The van der Waals surface area contributed by atoms with Gasteiger partial charge < -0.3 is 9.47 Å². The normalized spacial score (nSPS) is 18.0. The number of carbonyl (C=O) groups is 2. The SMILES string of the molecule is O=C(Cc1csc(-c2cccs2)n1)O[C@@H]1CCOC1=O. The molecule has 2 aromatic heterocycles. The summed E-state index contributed by atoms with van der Waals surface area (Å²) in [6.07, 6.45) is -0.244. The van der Waals surface area contributed by atoms with Crippen molar-refractivity contribution in [1.82, 2.24) is 4.98 Å². The molecule has 1 fully saturated rings. The average molecular weight is 309 g/mol. The molecule has 0 N–H and O–H groups in total. The van der Waals surface area contributed by atoms with E-state index in [0.29, 0.717) is 18.7 Å². The molecular formula is C13H11NO4S2. The minimum Gasteiger partial charge on any atom is -0.463 e. The van der Waals surface area contributed by atoms with Crippen LogP contribution in [0.5, 0.6) is 0 Å². The number of cyclic esters (lactones) is 1. The van der Waals surface area contributed by atoms with Gasteiger partial charge in [-0.25, -0.2) is 9.78 Å². The summed E-state index contributed by atoms with van der Waals surface area (Å²) in [6.45, 7) is 0.315. The lowest BCUT2D eigenvalue weighted by Crippen LogP contribution is -2.23. The molecule has 20 heavy (non-hydrogen) atoms. The lowest BCUT2D eigenvalue weighted by atomic mass is 10.3. The molecule has 1 aliphatic heterocycles. The van der Waals surface area contributed by atoms with Crippen molar-refractivity contribution in [3.63, 3.8) is 0 Å². The zero-order valence-corrected chi connectivity index (χ0v) is 12.0. The topological polar surface area (TPSA) is 65.5 Å². The number of rotatable bonds is 4.